The standard InChI is InChI=1S/C26H35N3O5S/c1-26(2,3)34-25(30)28-18-16-27(17-19-28)23-13-7-8-14-24(23)33-21-10-9-15-29(20-21)35(31,32)22-11-5-4-6-12-22/h4-8,11-14,21H,9-10,15-20H2,1-3H3. The highest BCUT2D eigenvalue weighted by Crippen LogP contribution is 2.32. The SMILES string of the molecule is CC(C)(C)OC(=O)N1CCN(c2ccccc2OC2CCCN(S(=O)(=O)c3ccccc3)C2)CC1. The second-order valence-electron chi connectivity index (χ2n) is 9.98. The molecule has 2 aliphatic rings. The van der Waals surface area contributed by atoms with Gasteiger partial charge in [-0.05, 0) is 57.9 Å². The molecule has 2 aliphatic heterocycles. The molecule has 1 unspecified atom stereocenters. The summed E-state index contributed by atoms with van der Waals surface area (Å²) in [6.07, 6.45) is 1.02. The van der Waals surface area contributed by atoms with Crippen LogP contribution in [0.15, 0.2) is 59.5 Å². The lowest BCUT2D eigenvalue weighted by atomic mass is 10.1. The number of nitrogens with zero attached hydrogens (tertiary/aromatic N) is 3. The molecule has 0 aliphatic carbocycles. The fourth-order valence-corrected chi connectivity index (χ4v) is 5.95. The summed E-state index contributed by atoms with van der Waals surface area (Å²) in [5, 5.41) is 0. The van der Waals surface area contributed by atoms with Crippen LogP contribution < -0.4 is 9.64 Å². The van der Waals surface area contributed by atoms with E-state index in [4.69, 9.17) is 9.47 Å². The Morgan fingerprint density at radius 3 is 2.26 bits per heavy atom. The van der Waals surface area contributed by atoms with Crippen LogP contribution >= 0.6 is 0 Å². The van der Waals surface area contributed by atoms with E-state index in [0.717, 1.165) is 24.3 Å². The van der Waals surface area contributed by atoms with Crippen molar-refractivity contribution in [2.75, 3.05) is 44.2 Å². The largest absolute Gasteiger partial charge is 0.487 e. The summed E-state index contributed by atoms with van der Waals surface area (Å²) < 4.78 is 39.6. The molecular weight excluding hydrogens is 466 g/mol. The van der Waals surface area contributed by atoms with Gasteiger partial charge in [-0.3, -0.25) is 0 Å². The molecule has 0 spiro atoms. The number of amides is 1. The van der Waals surface area contributed by atoms with Gasteiger partial charge in [0.1, 0.15) is 17.5 Å². The van der Waals surface area contributed by atoms with Crippen molar-refractivity contribution in [1.29, 1.82) is 0 Å². The lowest BCUT2D eigenvalue weighted by Crippen LogP contribution is -2.50. The van der Waals surface area contributed by atoms with E-state index in [9.17, 15) is 13.2 Å². The molecule has 0 radical (unpaired) electrons. The minimum absolute atomic E-state index is 0.230. The molecule has 190 valence electrons. The third kappa shape index (κ3) is 6.27. The summed E-state index contributed by atoms with van der Waals surface area (Å²) in [5.41, 5.74) is 0.440. The molecule has 0 saturated carbocycles. The summed E-state index contributed by atoms with van der Waals surface area (Å²) in [6, 6.07) is 16.4. The molecule has 2 aromatic carbocycles. The van der Waals surface area contributed by atoms with E-state index in [1.165, 1.54) is 4.31 Å². The molecule has 2 saturated heterocycles. The van der Waals surface area contributed by atoms with Gasteiger partial charge in [-0.1, -0.05) is 30.3 Å². The molecule has 1 atom stereocenters. The van der Waals surface area contributed by atoms with E-state index in [1.54, 1.807) is 29.2 Å². The number of rotatable bonds is 5. The zero-order valence-corrected chi connectivity index (χ0v) is 21.5. The maximum absolute atomic E-state index is 13.1. The van der Waals surface area contributed by atoms with Crippen LogP contribution in [0, 0.1) is 0 Å². The van der Waals surface area contributed by atoms with Gasteiger partial charge < -0.3 is 19.3 Å². The number of hydrogen-bond donors (Lipinski definition) is 0. The minimum atomic E-state index is -3.55. The number of piperidine rings is 1. The van der Waals surface area contributed by atoms with Crippen LogP contribution in [-0.2, 0) is 14.8 Å². The monoisotopic (exact) mass is 501 g/mol. The van der Waals surface area contributed by atoms with Crippen molar-refractivity contribution in [3.8, 4) is 5.75 Å². The Kier molecular flexibility index (Phi) is 7.56. The highest BCUT2D eigenvalue weighted by atomic mass is 32.2. The van der Waals surface area contributed by atoms with Crippen LogP contribution in [0.25, 0.3) is 0 Å². The molecule has 8 nitrogen and oxygen atoms in total. The highest BCUT2D eigenvalue weighted by Gasteiger charge is 2.32. The van der Waals surface area contributed by atoms with Gasteiger partial charge in [-0.2, -0.15) is 4.31 Å². The van der Waals surface area contributed by atoms with Gasteiger partial charge in [0.2, 0.25) is 10.0 Å². The van der Waals surface area contributed by atoms with E-state index in [2.05, 4.69) is 4.90 Å². The number of para-hydroxylation sites is 2. The van der Waals surface area contributed by atoms with Crippen LogP contribution in [-0.4, -0.2) is 74.7 Å². The first-order valence-electron chi connectivity index (χ1n) is 12.2. The number of carbonyl (C=O) groups is 1. The molecule has 2 fully saturated rings. The zero-order valence-electron chi connectivity index (χ0n) is 20.7. The average Bonchev–Trinajstić information content (AvgIpc) is 2.84. The van der Waals surface area contributed by atoms with Crippen molar-refractivity contribution in [3.05, 3.63) is 54.6 Å². The van der Waals surface area contributed by atoms with Gasteiger partial charge in [-0.25, -0.2) is 13.2 Å². The number of piperazine rings is 1. The molecule has 0 bridgehead atoms. The number of ether oxygens (including phenoxy) is 2. The molecule has 2 heterocycles. The minimum Gasteiger partial charge on any atom is -0.487 e. The third-order valence-corrected chi connectivity index (χ3v) is 8.03. The van der Waals surface area contributed by atoms with Crippen LogP contribution in [0.5, 0.6) is 5.75 Å². The summed E-state index contributed by atoms with van der Waals surface area (Å²) in [7, 11) is -3.55. The van der Waals surface area contributed by atoms with Crippen molar-refractivity contribution < 1.29 is 22.7 Å². The summed E-state index contributed by atoms with van der Waals surface area (Å²) in [4.78, 5) is 16.7. The molecule has 9 heteroatoms. The predicted octanol–water partition coefficient (Wildman–Crippen LogP) is 3.98. The Morgan fingerprint density at radius 1 is 0.914 bits per heavy atom. The Morgan fingerprint density at radius 2 is 1.57 bits per heavy atom. The summed E-state index contributed by atoms with van der Waals surface area (Å²) >= 11 is 0. The second-order valence-corrected chi connectivity index (χ2v) is 11.9. The first-order chi connectivity index (χ1) is 16.6. The van der Waals surface area contributed by atoms with Gasteiger partial charge >= 0.3 is 6.09 Å². The fraction of sp³-hybridized carbons (Fsp3) is 0.500. The summed E-state index contributed by atoms with van der Waals surface area (Å²) in [5.74, 6) is 0.738. The maximum atomic E-state index is 13.1. The van der Waals surface area contributed by atoms with E-state index < -0.39 is 15.6 Å². The van der Waals surface area contributed by atoms with Crippen LogP contribution in [0.4, 0.5) is 10.5 Å². The van der Waals surface area contributed by atoms with E-state index in [-0.39, 0.29) is 12.2 Å². The van der Waals surface area contributed by atoms with Gasteiger partial charge in [0.25, 0.3) is 0 Å². The molecule has 1 amide bonds. The third-order valence-electron chi connectivity index (χ3n) is 6.15. The van der Waals surface area contributed by atoms with Crippen molar-refractivity contribution in [3.63, 3.8) is 0 Å². The van der Waals surface area contributed by atoms with Crippen LogP contribution in [0.2, 0.25) is 0 Å². The number of hydrogen-bond acceptors (Lipinski definition) is 6. The zero-order chi connectivity index (χ0) is 25.1. The Bertz CT molecular complexity index is 1110. The molecule has 35 heavy (non-hydrogen) atoms. The second kappa shape index (κ2) is 10.5. The molecule has 4 rings (SSSR count). The van der Waals surface area contributed by atoms with Gasteiger partial charge in [0.05, 0.1) is 17.1 Å². The molecule has 0 aromatic heterocycles. The molecule has 2 aromatic rings. The lowest BCUT2D eigenvalue weighted by Gasteiger charge is -2.38. The van der Waals surface area contributed by atoms with Crippen LogP contribution in [0.3, 0.4) is 0 Å². The number of benzene rings is 2. The van der Waals surface area contributed by atoms with E-state index in [0.29, 0.717) is 44.2 Å². The topological polar surface area (TPSA) is 79.4 Å². The van der Waals surface area contributed by atoms with E-state index in [1.807, 2.05) is 51.1 Å². The lowest BCUT2D eigenvalue weighted by molar-refractivity contribution is 0.0240. The first-order valence-corrected chi connectivity index (χ1v) is 13.6. The quantitative estimate of drug-likeness (QED) is 0.617. The predicted molar refractivity (Wildman–Crippen MR) is 135 cm³/mol. The molecular formula is C26H35N3O5S. The maximum Gasteiger partial charge on any atom is 0.410 e. The normalized spacial score (nSPS) is 19.9. The molecule has 0 N–H and O–H groups in total. The van der Waals surface area contributed by atoms with Crippen molar-refractivity contribution >= 4 is 21.8 Å². The van der Waals surface area contributed by atoms with E-state index >= 15 is 0 Å². The number of anilines is 1. The van der Waals surface area contributed by atoms with Crippen molar-refractivity contribution in [2.24, 2.45) is 0 Å². The smallest absolute Gasteiger partial charge is 0.410 e. The number of carbonyl (C=O) groups excluding carboxylic acids is 1. The first kappa shape index (κ1) is 25.3. The Labute approximate surface area is 208 Å². The van der Waals surface area contributed by atoms with Gasteiger partial charge in [-0.15, -0.1) is 0 Å². The summed E-state index contributed by atoms with van der Waals surface area (Å²) in [6.45, 7) is 8.87. The van der Waals surface area contributed by atoms with Gasteiger partial charge in [0, 0.05) is 32.7 Å². The Balaban J connectivity index is 1.41. The number of sulfonamides is 1. The average molecular weight is 502 g/mol. The van der Waals surface area contributed by atoms with Crippen molar-refractivity contribution in [2.45, 2.75) is 50.2 Å². The highest BCUT2D eigenvalue weighted by molar-refractivity contribution is 7.89. The van der Waals surface area contributed by atoms with Gasteiger partial charge in [0.15, 0.2) is 0 Å². The van der Waals surface area contributed by atoms with Crippen molar-refractivity contribution in [1.82, 2.24) is 9.21 Å². The van der Waals surface area contributed by atoms with Crippen LogP contribution in [0.1, 0.15) is 33.6 Å². The fourth-order valence-electron chi connectivity index (χ4n) is 4.42. The Hall–Kier alpha value is -2.78.